The molecule has 2 amide bonds. The number of carbonyl (C=O) groups excluding carboxylic acids is 3. The minimum Gasteiger partial charge on any atom is -0.508 e. The number of amides is 2. The van der Waals surface area contributed by atoms with Crippen molar-refractivity contribution in [3.8, 4) is 5.75 Å². The van der Waals surface area contributed by atoms with E-state index in [1.165, 1.54) is 12.1 Å². The number of hydrogen-bond donors (Lipinski definition) is 3. The number of hydrogen-bond acceptors (Lipinski definition) is 7. The Morgan fingerprint density at radius 3 is 1.57 bits per heavy atom. The van der Waals surface area contributed by atoms with E-state index in [2.05, 4.69) is 31.4 Å². The number of ether oxygens (including phenoxy) is 2. The van der Waals surface area contributed by atoms with Gasteiger partial charge in [-0.25, -0.2) is 9.59 Å². The number of benzene rings is 5. The molecule has 53 heavy (non-hydrogen) atoms. The van der Waals surface area contributed by atoms with Crippen LogP contribution in [0.2, 0.25) is 5.04 Å². The highest BCUT2D eigenvalue weighted by atomic mass is 28.4. The Bertz CT molecular complexity index is 1860. The molecule has 5 aromatic rings. The number of aromatic hydroxyl groups is 1. The molecule has 0 aliphatic carbocycles. The van der Waals surface area contributed by atoms with Crippen LogP contribution in [0.25, 0.3) is 0 Å². The first-order chi connectivity index (χ1) is 25.5. The van der Waals surface area contributed by atoms with Crippen LogP contribution in [-0.2, 0) is 43.1 Å². The predicted molar refractivity (Wildman–Crippen MR) is 207 cm³/mol. The Morgan fingerprint density at radius 2 is 1.08 bits per heavy atom. The van der Waals surface area contributed by atoms with Crippen LogP contribution in [0.1, 0.15) is 37.5 Å². The summed E-state index contributed by atoms with van der Waals surface area (Å²) >= 11 is 0. The van der Waals surface area contributed by atoms with E-state index < -0.39 is 43.4 Å². The van der Waals surface area contributed by atoms with E-state index in [1.54, 1.807) is 12.1 Å². The molecule has 5 rings (SSSR count). The fraction of sp³-hybridized carbons (Fsp3) is 0.233. The van der Waals surface area contributed by atoms with Crippen LogP contribution in [0.5, 0.6) is 5.75 Å². The highest BCUT2D eigenvalue weighted by Crippen LogP contribution is 2.37. The molecule has 0 aliphatic heterocycles. The highest BCUT2D eigenvalue weighted by molar-refractivity contribution is 6.99. The SMILES string of the molecule is CC(C)(C)[Si](OC[C@H](NC(=O)[C@H](Cc1ccc(O)cc1)NC(=O)OCc1ccccc1)C(=O)OCc1ccccc1)(c1ccccc1)c1ccccc1. The zero-order chi connectivity index (χ0) is 37.7. The van der Waals surface area contributed by atoms with Crippen molar-refractivity contribution in [1.82, 2.24) is 10.6 Å². The maximum absolute atomic E-state index is 14.2. The van der Waals surface area contributed by atoms with E-state index in [-0.39, 0.29) is 32.0 Å². The van der Waals surface area contributed by atoms with E-state index in [9.17, 15) is 19.5 Å². The van der Waals surface area contributed by atoms with Crippen molar-refractivity contribution >= 4 is 36.7 Å². The number of esters is 1. The molecule has 0 aliphatic rings. The molecule has 3 N–H and O–H groups in total. The van der Waals surface area contributed by atoms with Crippen LogP contribution in [0.15, 0.2) is 146 Å². The summed E-state index contributed by atoms with van der Waals surface area (Å²) in [4.78, 5) is 41.2. The van der Waals surface area contributed by atoms with Gasteiger partial charge >= 0.3 is 12.1 Å². The Hall–Kier alpha value is -5.71. The van der Waals surface area contributed by atoms with Gasteiger partial charge in [-0.05, 0) is 44.2 Å². The van der Waals surface area contributed by atoms with Crippen LogP contribution in [0.4, 0.5) is 4.79 Å². The van der Waals surface area contributed by atoms with E-state index in [0.29, 0.717) is 5.56 Å². The maximum atomic E-state index is 14.2. The number of phenols is 1. The minimum atomic E-state index is -3.13. The molecule has 0 saturated carbocycles. The zero-order valence-electron chi connectivity index (χ0n) is 30.2. The predicted octanol–water partition coefficient (Wildman–Crippen LogP) is 6.03. The van der Waals surface area contributed by atoms with Crippen LogP contribution in [0.3, 0.4) is 0 Å². The van der Waals surface area contributed by atoms with E-state index >= 15 is 0 Å². The lowest BCUT2D eigenvalue weighted by atomic mass is 10.0. The van der Waals surface area contributed by atoms with Crippen molar-refractivity contribution in [3.63, 3.8) is 0 Å². The molecule has 0 aromatic heterocycles. The van der Waals surface area contributed by atoms with Crippen molar-refractivity contribution < 1.29 is 33.4 Å². The second-order valence-electron chi connectivity index (χ2n) is 13.8. The van der Waals surface area contributed by atoms with Gasteiger partial charge in [-0.1, -0.05) is 154 Å². The van der Waals surface area contributed by atoms with E-state index in [0.717, 1.165) is 21.5 Å². The second kappa shape index (κ2) is 18.2. The normalized spacial score (nSPS) is 12.6. The van der Waals surface area contributed by atoms with Crippen molar-refractivity contribution in [3.05, 3.63) is 162 Å². The third kappa shape index (κ3) is 10.4. The van der Waals surface area contributed by atoms with Gasteiger partial charge in [0.2, 0.25) is 5.91 Å². The van der Waals surface area contributed by atoms with E-state index in [4.69, 9.17) is 13.9 Å². The first-order valence-electron chi connectivity index (χ1n) is 17.6. The van der Waals surface area contributed by atoms with Gasteiger partial charge in [-0.15, -0.1) is 0 Å². The Kier molecular flexibility index (Phi) is 13.2. The van der Waals surface area contributed by atoms with Crippen molar-refractivity contribution in [2.24, 2.45) is 0 Å². The van der Waals surface area contributed by atoms with Gasteiger partial charge in [0.05, 0.1) is 6.61 Å². The molecule has 0 spiro atoms. The number of phenolic OH excluding ortho intramolecular Hbond substituents is 1. The molecular weight excluding hydrogens is 685 g/mol. The average molecular weight is 731 g/mol. The highest BCUT2D eigenvalue weighted by Gasteiger charge is 2.51. The summed E-state index contributed by atoms with van der Waals surface area (Å²) in [6.07, 6.45) is -0.756. The lowest BCUT2D eigenvalue weighted by molar-refractivity contribution is -0.150. The monoisotopic (exact) mass is 730 g/mol. The van der Waals surface area contributed by atoms with Gasteiger partial charge in [-0.2, -0.15) is 0 Å². The zero-order valence-corrected chi connectivity index (χ0v) is 31.2. The quantitative estimate of drug-likeness (QED) is 0.0888. The number of carbonyl (C=O) groups is 3. The molecule has 2 atom stereocenters. The van der Waals surface area contributed by atoms with Crippen LogP contribution < -0.4 is 21.0 Å². The van der Waals surface area contributed by atoms with Crippen LogP contribution in [-0.4, -0.2) is 50.1 Å². The summed E-state index contributed by atoms with van der Waals surface area (Å²) in [6.45, 7) is 6.17. The standard InChI is InChI=1S/C43H46N2O7Si/c1-43(2,3)53(36-20-12-6-13-21-36,37-22-14-7-15-23-37)52-31-39(41(48)50-29-33-16-8-4-9-17-33)44-40(47)38(28-32-24-26-35(46)27-25-32)45-42(49)51-30-34-18-10-5-11-19-34/h4-27,38-39,46H,28-31H2,1-3H3,(H,44,47)(H,45,49)/t38-,39-/m0/s1. The van der Waals surface area contributed by atoms with Gasteiger partial charge in [0.25, 0.3) is 8.32 Å². The molecule has 0 heterocycles. The Morgan fingerprint density at radius 1 is 0.604 bits per heavy atom. The minimum absolute atomic E-state index is 0.000977. The van der Waals surface area contributed by atoms with Crippen LogP contribution >= 0.6 is 0 Å². The van der Waals surface area contributed by atoms with Gasteiger partial charge in [-0.3, -0.25) is 4.79 Å². The lowest BCUT2D eigenvalue weighted by Gasteiger charge is -2.43. The molecule has 0 bridgehead atoms. The fourth-order valence-electron chi connectivity index (χ4n) is 6.22. The molecule has 5 aromatic carbocycles. The third-order valence-electron chi connectivity index (χ3n) is 8.91. The van der Waals surface area contributed by atoms with Gasteiger partial charge in [0.1, 0.15) is 31.0 Å². The summed E-state index contributed by atoms with van der Waals surface area (Å²) in [5.41, 5.74) is 2.23. The number of nitrogens with one attached hydrogen (secondary N) is 2. The molecule has 0 radical (unpaired) electrons. The first kappa shape index (κ1) is 38.5. The molecule has 0 fully saturated rings. The topological polar surface area (TPSA) is 123 Å². The third-order valence-corrected chi connectivity index (χ3v) is 13.9. The van der Waals surface area contributed by atoms with Gasteiger partial charge in [0, 0.05) is 6.42 Å². The average Bonchev–Trinajstić information content (AvgIpc) is 3.17. The van der Waals surface area contributed by atoms with E-state index in [1.807, 2.05) is 121 Å². The largest absolute Gasteiger partial charge is 0.508 e. The number of rotatable bonds is 15. The Labute approximate surface area is 312 Å². The maximum Gasteiger partial charge on any atom is 0.408 e. The van der Waals surface area contributed by atoms with Crippen molar-refractivity contribution in [2.45, 2.75) is 57.5 Å². The smallest absolute Gasteiger partial charge is 0.408 e. The lowest BCUT2D eigenvalue weighted by Crippen LogP contribution is -2.68. The molecule has 274 valence electrons. The molecule has 10 heteroatoms. The second-order valence-corrected chi connectivity index (χ2v) is 18.1. The summed E-state index contributed by atoms with van der Waals surface area (Å²) in [7, 11) is -3.13. The summed E-state index contributed by atoms with van der Waals surface area (Å²) < 4.78 is 18.3. The van der Waals surface area contributed by atoms with Crippen molar-refractivity contribution in [1.29, 1.82) is 0 Å². The first-order valence-corrected chi connectivity index (χ1v) is 19.5. The summed E-state index contributed by atoms with van der Waals surface area (Å²) in [6, 6.07) is 42.3. The molecule has 9 nitrogen and oxygen atoms in total. The molecular formula is C43H46N2O7Si. The Balaban J connectivity index is 1.44. The molecule has 0 unspecified atom stereocenters. The van der Waals surface area contributed by atoms with Gasteiger partial charge in [0.15, 0.2) is 0 Å². The molecule has 0 saturated heterocycles. The van der Waals surface area contributed by atoms with Crippen molar-refractivity contribution in [2.75, 3.05) is 6.61 Å². The summed E-state index contributed by atoms with van der Waals surface area (Å²) in [5.74, 6) is -1.26. The fourth-order valence-corrected chi connectivity index (χ4v) is 10.8. The number of alkyl carbamates (subject to hydrolysis) is 1. The summed E-state index contributed by atoms with van der Waals surface area (Å²) in [5, 5.41) is 17.0. The van der Waals surface area contributed by atoms with Gasteiger partial charge < -0.3 is 29.6 Å². The van der Waals surface area contributed by atoms with Crippen LogP contribution in [0, 0.1) is 0 Å².